The lowest BCUT2D eigenvalue weighted by atomic mass is 10.0. The van der Waals surface area contributed by atoms with Gasteiger partial charge in [0.1, 0.15) is 5.56 Å². The second-order valence-corrected chi connectivity index (χ2v) is 6.04. The second kappa shape index (κ2) is 7.17. The van der Waals surface area contributed by atoms with Crippen LogP contribution in [0.25, 0.3) is 0 Å². The Bertz CT molecular complexity index is 914. The van der Waals surface area contributed by atoms with Crippen LogP contribution in [-0.4, -0.2) is 20.4 Å². The molecule has 0 aliphatic carbocycles. The standard InChI is InChI=1S/C19H20N4O2/c1-13-10-14(2)21-18(24)17(13)19(25)22-16(11-23-9-8-20-12-23)15-6-4-3-5-7-15/h3-10,12,16H,11H2,1-2H3,(H,21,24)(H,22,25)/t16-/m1/s1. The van der Waals surface area contributed by atoms with Crippen molar-refractivity contribution < 1.29 is 4.79 Å². The lowest BCUT2D eigenvalue weighted by Crippen LogP contribution is -2.35. The molecular weight excluding hydrogens is 316 g/mol. The van der Waals surface area contributed by atoms with Gasteiger partial charge in [0.15, 0.2) is 0 Å². The largest absolute Gasteiger partial charge is 0.343 e. The molecule has 2 N–H and O–H groups in total. The number of nitrogens with zero attached hydrogens (tertiary/aromatic N) is 2. The highest BCUT2D eigenvalue weighted by molar-refractivity contribution is 5.95. The third-order valence-corrected chi connectivity index (χ3v) is 4.05. The van der Waals surface area contributed by atoms with E-state index in [9.17, 15) is 9.59 Å². The fraction of sp³-hybridized carbons (Fsp3) is 0.211. The highest BCUT2D eigenvalue weighted by atomic mass is 16.2. The number of amides is 1. The molecule has 1 atom stereocenters. The summed E-state index contributed by atoms with van der Waals surface area (Å²) in [6.45, 7) is 4.09. The van der Waals surface area contributed by atoms with E-state index in [1.165, 1.54) is 0 Å². The van der Waals surface area contributed by atoms with Crippen LogP contribution in [0, 0.1) is 13.8 Å². The predicted molar refractivity (Wildman–Crippen MR) is 95.4 cm³/mol. The van der Waals surface area contributed by atoms with Gasteiger partial charge in [-0.05, 0) is 31.0 Å². The van der Waals surface area contributed by atoms with E-state index in [-0.39, 0.29) is 23.1 Å². The molecule has 0 saturated carbocycles. The molecule has 0 radical (unpaired) electrons. The minimum absolute atomic E-state index is 0.150. The summed E-state index contributed by atoms with van der Waals surface area (Å²) in [6, 6.07) is 11.2. The summed E-state index contributed by atoms with van der Waals surface area (Å²) in [5.74, 6) is -0.382. The number of rotatable bonds is 5. The first-order valence-electron chi connectivity index (χ1n) is 8.06. The van der Waals surface area contributed by atoms with E-state index in [4.69, 9.17) is 0 Å². The first-order chi connectivity index (χ1) is 12.0. The molecule has 6 heteroatoms. The normalized spacial score (nSPS) is 11.9. The molecule has 0 unspecified atom stereocenters. The van der Waals surface area contributed by atoms with E-state index in [0.29, 0.717) is 12.1 Å². The van der Waals surface area contributed by atoms with Gasteiger partial charge >= 0.3 is 0 Å². The summed E-state index contributed by atoms with van der Waals surface area (Å²) in [7, 11) is 0. The maximum absolute atomic E-state index is 12.8. The number of nitrogens with one attached hydrogen (secondary N) is 2. The number of hydrogen-bond acceptors (Lipinski definition) is 3. The van der Waals surface area contributed by atoms with Crippen molar-refractivity contribution in [3.8, 4) is 0 Å². The van der Waals surface area contributed by atoms with Crippen molar-refractivity contribution in [1.29, 1.82) is 0 Å². The van der Waals surface area contributed by atoms with Crippen LogP contribution < -0.4 is 10.9 Å². The fourth-order valence-corrected chi connectivity index (χ4v) is 2.89. The zero-order valence-corrected chi connectivity index (χ0v) is 14.2. The molecule has 128 valence electrons. The first kappa shape index (κ1) is 16.7. The Morgan fingerprint density at radius 2 is 2.04 bits per heavy atom. The van der Waals surface area contributed by atoms with Crippen molar-refractivity contribution in [3.63, 3.8) is 0 Å². The molecule has 1 aromatic carbocycles. The van der Waals surface area contributed by atoms with Crippen molar-refractivity contribution in [3.05, 3.63) is 87.9 Å². The summed E-state index contributed by atoms with van der Waals surface area (Å²) in [5.41, 5.74) is 2.14. The van der Waals surface area contributed by atoms with Crippen LogP contribution in [0.3, 0.4) is 0 Å². The Morgan fingerprint density at radius 3 is 2.68 bits per heavy atom. The topological polar surface area (TPSA) is 79.8 Å². The molecule has 0 aliphatic rings. The van der Waals surface area contributed by atoms with Gasteiger partial charge in [0.05, 0.1) is 12.4 Å². The van der Waals surface area contributed by atoms with Crippen LogP contribution in [0.1, 0.15) is 33.2 Å². The highest BCUT2D eigenvalue weighted by Gasteiger charge is 2.20. The van der Waals surface area contributed by atoms with Crippen molar-refractivity contribution in [2.24, 2.45) is 0 Å². The Hall–Kier alpha value is -3.15. The number of carbonyl (C=O) groups excluding carboxylic acids is 1. The lowest BCUT2D eigenvalue weighted by Gasteiger charge is -2.20. The maximum Gasteiger partial charge on any atom is 0.261 e. The summed E-state index contributed by atoms with van der Waals surface area (Å²) < 4.78 is 1.89. The van der Waals surface area contributed by atoms with E-state index in [1.807, 2.05) is 41.1 Å². The van der Waals surface area contributed by atoms with Crippen LogP contribution in [0.15, 0.2) is 59.9 Å². The zero-order valence-electron chi connectivity index (χ0n) is 14.2. The van der Waals surface area contributed by atoms with Gasteiger partial charge in [-0.15, -0.1) is 0 Å². The number of benzene rings is 1. The molecule has 0 fully saturated rings. The number of hydrogen-bond donors (Lipinski definition) is 2. The first-order valence-corrected chi connectivity index (χ1v) is 8.06. The highest BCUT2D eigenvalue weighted by Crippen LogP contribution is 2.16. The molecule has 0 saturated heterocycles. The zero-order chi connectivity index (χ0) is 17.8. The second-order valence-electron chi connectivity index (χ2n) is 6.04. The smallest absolute Gasteiger partial charge is 0.261 e. The minimum Gasteiger partial charge on any atom is -0.343 e. The van der Waals surface area contributed by atoms with E-state index in [2.05, 4.69) is 15.3 Å². The Balaban J connectivity index is 1.90. The molecular formula is C19H20N4O2. The van der Waals surface area contributed by atoms with Crippen molar-refractivity contribution in [2.45, 2.75) is 26.4 Å². The third kappa shape index (κ3) is 3.85. The van der Waals surface area contributed by atoms with Gasteiger partial charge in [0, 0.05) is 24.6 Å². The summed E-state index contributed by atoms with van der Waals surface area (Å²) in [5, 5.41) is 2.98. The number of aryl methyl sites for hydroxylation is 2. The van der Waals surface area contributed by atoms with E-state index in [1.54, 1.807) is 32.4 Å². The molecule has 0 spiro atoms. The number of carbonyl (C=O) groups is 1. The van der Waals surface area contributed by atoms with Crippen molar-refractivity contribution in [1.82, 2.24) is 19.9 Å². The van der Waals surface area contributed by atoms with E-state index >= 15 is 0 Å². The lowest BCUT2D eigenvalue weighted by molar-refractivity contribution is 0.0930. The van der Waals surface area contributed by atoms with Gasteiger partial charge in [0.25, 0.3) is 11.5 Å². The molecule has 6 nitrogen and oxygen atoms in total. The quantitative estimate of drug-likeness (QED) is 0.750. The van der Waals surface area contributed by atoms with Crippen molar-refractivity contribution >= 4 is 5.91 Å². The summed E-state index contributed by atoms with van der Waals surface area (Å²) in [6.07, 6.45) is 5.23. The van der Waals surface area contributed by atoms with Crippen LogP contribution in [0.4, 0.5) is 0 Å². The number of imidazole rings is 1. The van der Waals surface area contributed by atoms with E-state index < -0.39 is 0 Å². The molecule has 3 rings (SSSR count). The number of aromatic nitrogens is 3. The summed E-state index contributed by atoms with van der Waals surface area (Å²) in [4.78, 5) is 31.7. The molecule has 3 aromatic rings. The van der Waals surface area contributed by atoms with Crippen LogP contribution in [0.5, 0.6) is 0 Å². The number of aromatic amines is 1. The number of H-pyrrole nitrogens is 1. The van der Waals surface area contributed by atoms with Gasteiger partial charge in [-0.3, -0.25) is 9.59 Å². The predicted octanol–water partition coefficient (Wildman–Crippen LogP) is 2.36. The van der Waals surface area contributed by atoms with Gasteiger partial charge in [0.2, 0.25) is 0 Å². The average molecular weight is 336 g/mol. The molecule has 1 amide bonds. The molecule has 0 aliphatic heterocycles. The van der Waals surface area contributed by atoms with Crippen LogP contribution in [0.2, 0.25) is 0 Å². The Labute approximate surface area is 145 Å². The number of pyridine rings is 1. The Morgan fingerprint density at radius 1 is 1.28 bits per heavy atom. The van der Waals surface area contributed by atoms with Crippen LogP contribution in [-0.2, 0) is 6.54 Å². The third-order valence-electron chi connectivity index (χ3n) is 4.05. The van der Waals surface area contributed by atoms with Gasteiger partial charge in [-0.25, -0.2) is 4.98 Å². The van der Waals surface area contributed by atoms with Gasteiger partial charge < -0.3 is 14.9 Å². The fourth-order valence-electron chi connectivity index (χ4n) is 2.89. The summed E-state index contributed by atoms with van der Waals surface area (Å²) >= 11 is 0. The van der Waals surface area contributed by atoms with Gasteiger partial charge in [-0.2, -0.15) is 0 Å². The maximum atomic E-state index is 12.8. The minimum atomic E-state index is -0.382. The Kier molecular flexibility index (Phi) is 4.79. The van der Waals surface area contributed by atoms with Gasteiger partial charge in [-0.1, -0.05) is 30.3 Å². The molecule has 0 bridgehead atoms. The van der Waals surface area contributed by atoms with Crippen LogP contribution >= 0.6 is 0 Å². The average Bonchev–Trinajstić information content (AvgIpc) is 3.07. The molecule has 25 heavy (non-hydrogen) atoms. The SMILES string of the molecule is Cc1cc(C)c(C(=O)N[C@H](Cn2ccnc2)c2ccccc2)c(=O)[nH]1. The van der Waals surface area contributed by atoms with Crippen molar-refractivity contribution in [2.75, 3.05) is 0 Å². The monoisotopic (exact) mass is 336 g/mol. The van der Waals surface area contributed by atoms with E-state index in [0.717, 1.165) is 11.3 Å². The molecule has 2 heterocycles. The molecule has 2 aromatic heterocycles.